The number of hydrogen-bond donors (Lipinski definition) is 1. The monoisotopic (exact) mass is 314 g/mol. The first-order chi connectivity index (χ1) is 10.1. The van der Waals surface area contributed by atoms with Crippen molar-refractivity contribution < 1.29 is 14.3 Å². The van der Waals surface area contributed by atoms with E-state index in [9.17, 15) is 9.59 Å². The number of carbonyl (C=O) groups is 2. The van der Waals surface area contributed by atoms with Crippen molar-refractivity contribution in [3.8, 4) is 0 Å². The molecule has 1 N–H and O–H groups in total. The Bertz CT molecular complexity index is 393. The summed E-state index contributed by atoms with van der Waals surface area (Å²) in [5.74, 6) is 0. The summed E-state index contributed by atoms with van der Waals surface area (Å²) in [6.07, 6.45) is 0.434. The lowest BCUT2D eigenvalue weighted by molar-refractivity contribution is 0.0230. The van der Waals surface area contributed by atoms with Crippen LogP contribution < -0.4 is 5.32 Å². The summed E-state index contributed by atoms with van der Waals surface area (Å²) in [7, 11) is 5.66. The number of amides is 3. The molecule has 22 heavy (non-hydrogen) atoms. The van der Waals surface area contributed by atoms with Gasteiger partial charge in [0, 0.05) is 33.2 Å². The first-order valence-electron chi connectivity index (χ1n) is 7.73. The predicted molar refractivity (Wildman–Crippen MR) is 85.9 cm³/mol. The molecular weight excluding hydrogens is 284 g/mol. The van der Waals surface area contributed by atoms with Crippen LogP contribution in [0.3, 0.4) is 0 Å². The van der Waals surface area contributed by atoms with Crippen LogP contribution in [0.2, 0.25) is 0 Å². The Hall–Kier alpha value is -1.50. The molecule has 1 rings (SSSR count). The van der Waals surface area contributed by atoms with E-state index in [1.165, 1.54) is 0 Å². The molecule has 0 bridgehead atoms. The highest BCUT2D eigenvalue weighted by Gasteiger charge is 2.32. The van der Waals surface area contributed by atoms with Gasteiger partial charge in [0.05, 0.1) is 6.04 Å². The SMILES string of the molecule is CN(C)CCNC(=O)N1CC[C@H](N(C)C(=O)OC(C)(C)C)C1. The van der Waals surface area contributed by atoms with E-state index in [1.54, 1.807) is 16.8 Å². The molecule has 7 nitrogen and oxygen atoms in total. The van der Waals surface area contributed by atoms with Crippen molar-refractivity contribution in [2.24, 2.45) is 0 Å². The molecule has 1 saturated heterocycles. The molecule has 7 heteroatoms. The predicted octanol–water partition coefficient (Wildman–Crippen LogP) is 1.20. The Morgan fingerprint density at radius 3 is 2.45 bits per heavy atom. The summed E-state index contributed by atoms with van der Waals surface area (Å²) in [6.45, 7) is 8.17. The molecule has 1 fully saturated rings. The van der Waals surface area contributed by atoms with Crippen LogP contribution in [0.1, 0.15) is 27.2 Å². The van der Waals surface area contributed by atoms with Crippen molar-refractivity contribution in [1.29, 1.82) is 0 Å². The van der Waals surface area contributed by atoms with Crippen LogP contribution in [-0.4, -0.2) is 85.8 Å². The standard InChI is InChI=1S/C15H30N4O3/c1-15(2,3)22-14(21)18(6)12-7-9-19(11-12)13(20)16-8-10-17(4)5/h12H,7-11H2,1-6H3,(H,16,20)/t12-/m0/s1. The summed E-state index contributed by atoms with van der Waals surface area (Å²) in [5.41, 5.74) is -0.507. The third-order valence-electron chi connectivity index (χ3n) is 3.52. The molecule has 0 saturated carbocycles. The Labute approximate surface area is 133 Å². The number of carbonyl (C=O) groups excluding carboxylic acids is 2. The Morgan fingerprint density at radius 1 is 1.27 bits per heavy atom. The van der Waals surface area contributed by atoms with Crippen molar-refractivity contribution in [1.82, 2.24) is 20.0 Å². The smallest absolute Gasteiger partial charge is 0.410 e. The fourth-order valence-electron chi connectivity index (χ4n) is 2.22. The molecule has 0 aromatic heterocycles. The highest BCUT2D eigenvalue weighted by atomic mass is 16.6. The van der Waals surface area contributed by atoms with Gasteiger partial charge in [0.25, 0.3) is 0 Å². The maximum absolute atomic E-state index is 12.1. The van der Waals surface area contributed by atoms with E-state index in [2.05, 4.69) is 5.32 Å². The Balaban J connectivity index is 2.41. The van der Waals surface area contributed by atoms with Gasteiger partial charge in [-0.05, 0) is 41.3 Å². The third kappa shape index (κ3) is 6.09. The average Bonchev–Trinajstić information content (AvgIpc) is 2.84. The normalized spacial score (nSPS) is 18.5. The summed E-state index contributed by atoms with van der Waals surface area (Å²) in [6, 6.07) is -0.0589. The zero-order valence-corrected chi connectivity index (χ0v) is 14.7. The largest absolute Gasteiger partial charge is 0.444 e. The van der Waals surface area contributed by atoms with E-state index in [1.807, 2.05) is 39.8 Å². The second kappa shape index (κ2) is 7.67. The van der Waals surface area contributed by atoms with Crippen molar-refractivity contribution in [2.45, 2.75) is 38.8 Å². The number of nitrogens with zero attached hydrogens (tertiary/aromatic N) is 3. The first-order valence-corrected chi connectivity index (χ1v) is 7.73. The fraction of sp³-hybridized carbons (Fsp3) is 0.867. The zero-order chi connectivity index (χ0) is 16.9. The van der Waals surface area contributed by atoms with E-state index in [0.29, 0.717) is 19.6 Å². The maximum Gasteiger partial charge on any atom is 0.410 e. The second-order valence-corrected chi connectivity index (χ2v) is 7.01. The number of nitrogens with one attached hydrogen (secondary N) is 1. The Morgan fingerprint density at radius 2 is 1.91 bits per heavy atom. The highest BCUT2D eigenvalue weighted by Crippen LogP contribution is 2.17. The second-order valence-electron chi connectivity index (χ2n) is 7.01. The molecule has 1 atom stereocenters. The number of urea groups is 1. The molecule has 0 aromatic rings. The van der Waals surface area contributed by atoms with Gasteiger partial charge in [0.1, 0.15) is 5.60 Å². The van der Waals surface area contributed by atoms with Gasteiger partial charge in [0.15, 0.2) is 0 Å². The minimum Gasteiger partial charge on any atom is -0.444 e. The molecule has 1 heterocycles. The van der Waals surface area contributed by atoms with Crippen molar-refractivity contribution in [2.75, 3.05) is 47.3 Å². The Kier molecular flexibility index (Phi) is 6.47. The molecule has 128 valence electrons. The maximum atomic E-state index is 12.1. The lowest BCUT2D eigenvalue weighted by Crippen LogP contribution is -2.45. The van der Waals surface area contributed by atoms with Gasteiger partial charge in [-0.25, -0.2) is 9.59 Å². The van der Waals surface area contributed by atoms with Crippen LogP contribution in [0.15, 0.2) is 0 Å². The molecule has 0 unspecified atom stereocenters. The fourth-order valence-corrected chi connectivity index (χ4v) is 2.22. The average molecular weight is 314 g/mol. The molecule has 0 aliphatic carbocycles. The topological polar surface area (TPSA) is 65.1 Å². The van der Waals surface area contributed by atoms with Crippen molar-refractivity contribution >= 4 is 12.1 Å². The highest BCUT2D eigenvalue weighted by molar-refractivity contribution is 5.75. The van der Waals surface area contributed by atoms with Gasteiger partial charge >= 0.3 is 12.1 Å². The van der Waals surface area contributed by atoms with Crippen molar-refractivity contribution in [3.05, 3.63) is 0 Å². The number of ether oxygens (including phenoxy) is 1. The van der Waals surface area contributed by atoms with Crippen LogP contribution in [0.4, 0.5) is 9.59 Å². The summed E-state index contributed by atoms with van der Waals surface area (Å²) < 4.78 is 5.36. The number of likely N-dealkylation sites (N-methyl/N-ethyl adjacent to an activating group) is 2. The summed E-state index contributed by atoms with van der Waals surface area (Å²) in [5, 5.41) is 2.89. The van der Waals surface area contributed by atoms with Crippen LogP contribution in [-0.2, 0) is 4.74 Å². The quantitative estimate of drug-likeness (QED) is 0.847. The number of hydrogen-bond acceptors (Lipinski definition) is 4. The van der Waals surface area contributed by atoms with Crippen LogP contribution in [0, 0.1) is 0 Å². The van der Waals surface area contributed by atoms with Crippen LogP contribution in [0.25, 0.3) is 0 Å². The molecular formula is C15H30N4O3. The first kappa shape index (κ1) is 18.5. The van der Waals surface area contributed by atoms with E-state index in [0.717, 1.165) is 13.0 Å². The van der Waals surface area contributed by atoms with Gasteiger partial charge in [-0.15, -0.1) is 0 Å². The van der Waals surface area contributed by atoms with E-state index in [-0.39, 0.29) is 18.2 Å². The molecule has 0 aromatic carbocycles. The van der Waals surface area contributed by atoms with Gasteiger partial charge in [0.2, 0.25) is 0 Å². The zero-order valence-electron chi connectivity index (χ0n) is 14.7. The van der Waals surface area contributed by atoms with E-state index < -0.39 is 5.60 Å². The third-order valence-corrected chi connectivity index (χ3v) is 3.52. The van der Waals surface area contributed by atoms with E-state index >= 15 is 0 Å². The van der Waals surface area contributed by atoms with E-state index in [4.69, 9.17) is 4.74 Å². The van der Waals surface area contributed by atoms with Gasteiger partial charge in [-0.1, -0.05) is 0 Å². The molecule has 1 aliphatic heterocycles. The van der Waals surface area contributed by atoms with Crippen LogP contribution >= 0.6 is 0 Å². The van der Waals surface area contributed by atoms with Crippen molar-refractivity contribution in [3.63, 3.8) is 0 Å². The molecule has 0 radical (unpaired) electrons. The minimum absolute atomic E-state index is 0.00875. The molecule has 1 aliphatic rings. The lowest BCUT2D eigenvalue weighted by atomic mass is 10.2. The van der Waals surface area contributed by atoms with Gasteiger partial charge in [-0.2, -0.15) is 0 Å². The minimum atomic E-state index is -0.507. The molecule has 3 amide bonds. The number of rotatable bonds is 4. The summed E-state index contributed by atoms with van der Waals surface area (Å²) in [4.78, 5) is 29.5. The lowest BCUT2D eigenvalue weighted by Gasteiger charge is -2.28. The van der Waals surface area contributed by atoms with Gasteiger partial charge < -0.3 is 24.8 Å². The molecule has 0 spiro atoms. The summed E-state index contributed by atoms with van der Waals surface area (Å²) >= 11 is 0. The van der Waals surface area contributed by atoms with Gasteiger partial charge in [-0.3, -0.25) is 0 Å². The number of likely N-dealkylation sites (tertiary alicyclic amines) is 1. The van der Waals surface area contributed by atoms with Crippen LogP contribution in [0.5, 0.6) is 0 Å².